The van der Waals surface area contributed by atoms with E-state index in [4.69, 9.17) is 9.47 Å². The second-order valence-corrected chi connectivity index (χ2v) is 8.62. The van der Waals surface area contributed by atoms with Crippen LogP contribution in [0.15, 0.2) is 47.4 Å². The molecule has 0 saturated carbocycles. The number of methoxy groups -OCH3 is 2. The molecule has 1 amide bonds. The van der Waals surface area contributed by atoms with Gasteiger partial charge in [0, 0.05) is 18.8 Å². The summed E-state index contributed by atoms with van der Waals surface area (Å²) >= 11 is 0. The van der Waals surface area contributed by atoms with Gasteiger partial charge in [-0.3, -0.25) is 4.79 Å². The molecule has 0 aliphatic carbocycles. The number of amides is 1. The number of piperidine rings is 1. The van der Waals surface area contributed by atoms with Crippen LogP contribution in [-0.4, -0.2) is 45.9 Å². The molecule has 0 radical (unpaired) electrons. The molecule has 2 aromatic carbocycles. The molecule has 3 rings (SSSR count). The minimum absolute atomic E-state index is 0.0178. The second-order valence-electron chi connectivity index (χ2n) is 6.72. The predicted octanol–water partition coefficient (Wildman–Crippen LogP) is 2.88. The number of nitrogens with one attached hydrogen (secondary N) is 1. The van der Waals surface area contributed by atoms with Crippen LogP contribution in [0.5, 0.6) is 11.5 Å². The van der Waals surface area contributed by atoms with Crippen LogP contribution in [0.25, 0.3) is 0 Å². The Morgan fingerprint density at radius 1 is 1.14 bits per heavy atom. The highest BCUT2D eigenvalue weighted by Crippen LogP contribution is 2.30. The molecule has 0 bridgehead atoms. The van der Waals surface area contributed by atoms with Gasteiger partial charge in [0.15, 0.2) is 0 Å². The number of benzene rings is 2. The SMILES string of the molecule is COc1ccc(NC(=O)[C@@H]2CCCN(S(=O)(=O)c3cc(F)ccc3OC)C2)cc1. The van der Waals surface area contributed by atoms with Gasteiger partial charge >= 0.3 is 0 Å². The van der Waals surface area contributed by atoms with Gasteiger partial charge in [-0.15, -0.1) is 0 Å². The lowest BCUT2D eigenvalue weighted by Gasteiger charge is -2.31. The maximum atomic E-state index is 13.7. The third kappa shape index (κ3) is 4.68. The van der Waals surface area contributed by atoms with E-state index < -0.39 is 21.8 Å². The van der Waals surface area contributed by atoms with E-state index in [0.29, 0.717) is 24.3 Å². The summed E-state index contributed by atoms with van der Waals surface area (Å²) < 4.78 is 51.2. The molecule has 1 aliphatic rings. The van der Waals surface area contributed by atoms with E-state index in [1.807, 2.05) is 0 Å². The van der Waals surface area contributed by atoms with Crippen molar-refractivity contribution < 1.29 is 27.1 Å². The van der Waals surface area contributed by atoms with Crippen LogP contribution in [0.2, 0.25) is 0 Å². The van der Waals surface area contributed by atoms with Crippen LogP contribution in [0, 0.1) is 11.7 Å². The fraction of sp³-hybridized carbons (Fsp3) is 0.350. The molecule has 1 aliphatic heterocycles. The summed E-state index contributed by atoms with van der Waals surface area (Å²) in [5.74, 6) is -0.713. The summed E-state index contributed by atoms with van der Waals surface area (Å²) in [5.41, 5.74) is 0.600. The Balaban J connectivity index is 1.75. The van der Waals surface area contributed by atoms with Gasteiger partial charge in [-0.1, -0.05) is 0 Å². The van der Waals surface area contributed by atoms with Crippen molar-refractivity contribution in [2.24, 2.45) is 5.92 Å². The average molecular weight is 422 g/mol. The number of carbonyl (C=O) groups is 1. The second kappa shape index (κ2) is 8.79. The van der Waals surface area contributed by atoms with Crippen LogP contribution in [0.1, 0.15) is 12.8 Å². The highest BCUT2D eigenvalue weighted by molar-refractivity contribution is 7.89. The van der Waals surface area contributed by atoms with Crippen molar-refractivity contribution in [1.29, 1.82) is 0 Å². The Morgan fingerprint density at radius 2 is 1.86 bits per heavy atom. The molecule has 1 heterocycles. The Bertz CT molecular complexity index is 979. The first-order chi connectivity index (χ1) is 13.8. The molecule has 0 unspecified atom stereocenters. The standard InChI is InChI=1S/C20H23FN2O5S/c1-27-17-8-6-16(7-9-17)22-20(24)14-4-3-11-23(13-14)29(25,26)19-12-15(21)5-10-18(19)28-2/h5-10,12,14H,3-4,11,13H2,1-2H3,(H,22,24)/t14-/m1/s1. The zero-order chi connectivity index (χ0) is 21.0. The smallest absolute Gasteiger partial charge is 0.246 e. The van der Waals surface area contributed by atoms with Crippen LogP contribution < -0.4 is 14.8 Å². The molecule has 7 nitrogen and oxygen atoms in total. The highest BCUT2D eigenvalue weighted by Gasteiger charge is 2.35. The van der Waals surface area contributed by atoms with E-state index in [0.717, 1.165) is 12.1 Å². The Morgan fingerprint density at radius 3 is 2.52 bits per heavy atom. The molecule has 1 atom stereocenters. The van der Waals surface area contributed by atoms with Gasteiger partial charge < -0.3 is 14.8 Å². The zero-order valence-electron chi connectivity index (χ0n) is 16.2. The summed E-state index contributed by atoms with van der Waals surface area (Å²) in [6.07, 6.45) is 1.09. The van der Waals surface area contributed by atoms with E-state index in [1.54, 1.807) is 31.4 Å². The molecule has 1 saturated heterocycles. The average Bonchev–Trinajstić information content (AvgIpc) is 2.74. The van der Waals surface area contributed by atoms with Crippen LogP contribution >= 0.6 is 0 Å². The molecular formula is C20H23FN2O5S. The number of halogens is 1. The number of carbonyl (C=O) groups excluding carboxylic acids is 1. The molecule has 9 heteroatoms. The first-order valence-electron chi connectivity index (χ1n) is 9.13. The molecule has 0 aromatic heterocycles. The number of anilines is 1. The molecule has 156 valence electrons. The number of sulfonamides is 1. The van der Waals surface area contributed by atoms with Crippen molar-refractivity contribution in [1.82, 2.24) is 4.31 Å². The summed E-state index contributed by atoms with van der Waals surface area (Å²) in [4.78, 5) is 12.4. The van der Waals surface area contributed by atoms with Crippen molar-refractivity contribution in [3.8, 4) is 11.5 Å². The summed E-state index contributed by atoms with van der Waals surface area (Å²) in [6, 6.07) is 10.2. The third-order valence-electron chi connectivity index (χ3n) is 4.86. The fourth-order valence-electron chi connectivity index (χ4n) is 3.28. The van der Waals surface area contributed by atoms with Gasteiger partial charge in [0.2, 0.25) is 15.9 Å². The van der Waals surface area contributed by atoms with E-state index >= 15 is 0 Å². The molecule has 29 heavy (non-hydrogen) atoms. The van der Waals surface area contributed by atoms with Gasteiger partial charge in [0.25, 0.3) is 0 Å². The molecule has 1 N–H and O–H groups in total. The van der Waals surface area contributed by atoms with Crippen molar-refractivity contribution >= 4 is 21.6 Å². The maximum absolute atomic E-state index is 13.7. The molecule has 2 aromatic rings. The third-order valence-corrected chi connectivity index (χ3v) is 6.74. The zero-order valence-corrected chi connectivity index (χ0v) is 17.0. The van der Waals surface area contributed by atoms with Gasteiger partial charge in [0.05, 0.1) is 20.1 Å². The van der Waals surface area contributed by atoms with Gasteiger partial charge in [-0.25, -0.2) is 12.8 Å². The maximum Gasteiger partial charge on any atom is 0.246 e. The lowest BCUT2D eigenvalue weighted by Crippen LogP contribution is -2.43. The van der Waals surface area contributed by atoms with Gasteiger partial charge in [-0.2, -0.15) is 4.31 Å². The van der Waals surface area contributed by atoms with Crippen molar-refractivity contribution in [2.45, 2.75) is 17.7 Å². The lowest BCUT2D eigenvalue weighted by molar-refractivity contribution is -0.120. The minimum Gasteiger partial charge on any atom is -0.497 e. The van der Waals surface area contributed by atoms with Crippen molar-refractivity contribution in [3.05, 3.63) is 48.3 Å². The van der Waals surface area contributed by atoms with Gasteiger partial charge in [0.1, 0.15) is 22.2 Å². The topological polar surface area (TPSA) is 84.9 Å². The van der Waals surface area contributed by atoms with Crippen molar-refractivity contribution in [3.63, 3.8) is 0 Å². The monoisotopic (exact) mass is 422 g/mol. The van der Waals surface area contributed by atoms with E-state index in [2.05, 4.69) is 5.32 Å². The Hall–Kier alpha value is -2.65. The number of ether oxygens (including phenoxy) is 2. The van der Waals surface area contributed by atoms with Crippen LogP contribution in [0.3, 0.4) is 0 Å². The fourth-order valence-corrected chi connectivity index (χ4v) is 4.98. The lowest BCUT2D eigenvalue weighted by atomic mass is 9.99. The van der Waals surface area contributed by atoms with Crippen molar-refractivity contribution in [2.75, 3.05) is 32.6 Å². The van der Waals surface area contributed by atoms with Gasteiger partial charge in [-0.05, 0) is 55.3 Å². The summed E-state index contributed by atoms with van der Waals surface area (Å²) in [5, 5.41) is 2.81. The summed E-state index contributed by atoms with van der Waals surface area (Å²) in [6.45, 7) is 0.276. The molecule has 1 fully saturated rings. The van der Waals surface area contributed by atoms with Crippen LogP contribution in [0.4, 0.5) is 10.1 Å². The first-order valence-corrected chi connectivity index (χ1v) is 10.6. The minimum atomic E-state index is -4.00. The van der Waals surface area contributed by atoms with E-state index in [1.165, 1.54) is 17.5 Å². The Labute approximate surface area is 169 Å². The largest absolute Gasteiger partial charge is 0.497 e. The van der Waals surface area contributed by atoms with E-state index in [9.17, 15) is 17.6 Å². The first kappa shape index (κ1) is 21.1. The number of nitrogens with zero attached hydrogens (tertiary/aromatic N) is 1. The van der Waals surface area contributed by atoms with Crippen LogP contribution in [-0.2, 0) is 14.8 Å². The Kier molecular flexibility index (Phi) is 6.39. The number of hydrogen-bond acceptors (Lipinski definition) is 5. The normalized spacial score (nSPS) is 17.6. The summed E-state index contributed by atoms with van der Waals surface area (Å²) in [7, 11) is -1.12. The number of hydrogen-bond donors (Lipinski definition) is 1. The number of rotatable bonds is 6. The molecule has 0 spiro atoms. The predicted molar refractivity (Wildman–Crippen MR) is 106 cm³/mol. The highest BCUT2D eigenvalue weighted by atomic mass is 32.2. The van der Waals surface area contributed by atoms with E-state index in [-0.39, 0.29) is 29.6 Å². The molecular weight excluding hydrogens is 399 g/mol. The quantitative estimate of drug-likeness (QED) is 0.774.